The Hall–Kier alpha value is 0.650. The van der Waals surface area contributed by atoms with Gasteiger partial charge in [0.25, 0.3) is 0 Å². The Morgan fingerprint density at radius 3 is 1.78 bits per heavy atom. The van der Waals surface area contributed by atoms with Gasteiger partial charge in [-0.3, -0.25) is 0 Å². The standard InChI is InChI=1S/C20H41IO2/c1-4-5-6-7-10-13-16-19(21)20(23-3)17-14-11-8-9-12-15-18-22-2/h19-20H,4-18H2,1-3H3/t19-,20+/m0/s1. The number of halogens is 1. The molecule has 23 heavy (non-hydrogen) atoms. The summed E-state index contributed by atoms with van der Waals surface area (Å²) in [6.45, 7) is 3.20. The van der Waals surface area contributed by atoms with Gasteiger partial charge in [-0.15, -0.1) is 0 Å². The number of ether oxygens (including phenoxy) is 2. The topological polar surface area (TPSA) is 18.5 Å². The maximum atomic E-state index is 5.74. The second-order valence-electron chi connectivity index (χ2n) is 6.75. The van der Waals surface area contributed by atoms with Gasteiger partial charge in [0.05, 0.1) is 6.10 Å². The van der Waals surface area contributed by atoms with Crippen molar-refractivity contribution in [2.45, 2.75) is 107 Å². The molecule has 0 rings (SSSR count). The summed E-state index contributed by atoms with van der Waals surface area (Å²) in [5, 5.41) is 0. The van der Waals surface area contributed by atoms with Gasteiger partial charge in [0, 0.05) is 24.8 Å². The molecule has 0 aliphatic rings. The lowest BCUT2D eigenvalue weighted by Crippen LogP contribution is -2.22. The summed E-state index contributed by atoms with van der Waals surface area (Å²) >= 11 is 2.62. The minimum absolute atomic E-state index is 0.458. The highest BCUT2D eigenvalue weighted by atomic mass is 127. The average Bonchev–Trinajstić information content (AvgIpc) is 2.56. The predicted molar refractivity (Wildman–Crippen MR) is 111 cm³/mol. The fourth-order valence-corrected chi connectivity index (χ4v) is 4.14. The van der Waals surface area contributed by atoms with E-state index in [2.05, 4.69) is 29.5 Å². The van der Waals surface area contributed by atoms with E-state index in [0.717, 1.165) is 6.61 Å². The van der Waals surface area contributed by atoms with E-state index in [9.17, 15) is 0 Å². The second-order valence-corrected chi connectivity index (χ2v) is 8.35. The van der Waals surface area contributed by atoms with E-state index in [1.54, 1.807) is 7.11 Å². The Morgan fingerprint density at radius 1 is 0.696 bits per heavy atom. The molecule has 0 aromatic rings. The summed E-state index contributed by atoms with van der Waals surface area (Å²) in [5.41, 5.74) is 0. The SMILES string of the molecule is CCCCCCCC[C@H](I)[C@@H](CCCCCCCCOC)OC. The number of hydrogen-bond donors (Lipinski definition) is 0. The highest BCUT2D eigenvalue weighted by molar-refractivity contribution is 14.1. The molecule has 2 atom stereocenters. The van der Waals surface area contributed by atoms with Crippen LogP contribution in [0.5, 0.6) is 0 Å². The summed E-state index contributed by atoms with van der Waals surface area (Å²) in [6.07, 6.45) is 19.3. The van der Waals surface area contributed by atoms with Crippen molar-refractivity contribution in [3.63, 3.8) is 0 Å². The molecule has 0 N–H and O–H groups in total. The van der Waals surface area contributed by atoms with E-state index < -0.39 is 0 Å². The lowest BCUT2D eigenvalue weighted by Gasteiger charge is -2.21. The van der Waals surface area contributed by atoms with Crippen molar-refractivity contribution in [2.24, 2.45) is 0 Å². The zero-order valence-electron chi connectivity index (χ0n) is 16.0. The van der Waals surface area contributed by atoms with Gasteiger partial charge in [0.2, 0.25) is 0 Å². The molecule has 0 bridgehead atoms. The number of methoxy groups -OCH3 is 2. The molecule has 0 saturated heterocycles. The lowest BCUT2D eigenvalue weighted by atomic mass is 10.0. The molecule has 0 radical (unpaired) electrons. The molecule has 0 fully saturated rings. The molecule has 0 amide bonds. The van der Waals surface area contributed by atoms with Gasteiger partial charge in [-0.2, -0.15) is 0 Å². The van der Waals surface area contributed by atoms with Crippen LogP contribution in [-0.4, -0.2) is 30.9 Å². The van der Waals surface area contributed by atoms with Crippen molar-refractivity contribution in [3.8, 4) is 0 Å². The van der Waals surface area contributed by atoms with Crippen LogP contribution < -0.4 is 0 Å². The number of unbranched alkanes of at least 4 members (excludes halogenated alkanes) is 10. The highest BCUT2D eigenvalue weighted by Crippen LogP contribution is 2.22. The van der Waals surface area contributed by atoms with E-state index in [1.165, 1.54) is 89.9 Å². The first kappa shape index (κ1) is 23.6. The largest absolute Gasteiger partial charge is 0.385 e. The summed E-state index contributed by atoms with van der Waals surface area (Å²) in [5.74, 6) is 0. The van der Waals surface area contributed by atoms with Crippen molar-refractivity contribution in [1.82, 2.24) is 0 Å². The van der Waals surface area contributed by atoms with E-state index in [1.807, 2.05) is 7.11 Å². The zero-order chi connectivity index (χ0) is 17.2. The third-order valence-corrected chi connectivity index (χ3v) is 6.05. The van der Waals surface area contributed by atoms with E-state index >= 15 is 0 Å². The van der Waals surface area contributed by atoms with Gasteiger partial charge in [-0.25, -0.2) is 0 Å². The first-order valence-electron chi connectivity index (χ1n) is 9.92. The quantitative estimate of drug-likeness (QED) is 0.131. The van der Waals surface area contributed by atoms with E-state index in [-0.39, 0.29) is 0 Å². The molecule has 0 aromatic carbocycles. The monoisotopic (exact) mass is 440 g/mol. The Labute approximate surface area is 159 Å². The maximum Gasteiger partial charge on any atom is 0.0688 e. The fraction of sp³-hybridized carbons (Fsp3) is 1.00. The molecule has 140 valence electrons. The summed E-state index contributed by atoms with van der Waals surface area (Å²) in [6, 6.07) is 0. The van der Waals surface area contributed by atoms with Crippen molar-refractivity contribution < 1.29 is 9.47 Å². The molecule has 0 aliphatic carbocycles. The molecule has 0 aliphatic heterocycles. The molecule has 0 unspecified atom stereocenters. The first-order chi connectivity index (χ1) is 11.3. The van der Waals surface area contributed by atoms with Gasteiger partial charge in [-0.1, -0.05) is 100 Å². The Kier molecular flexibility index (Phi) is 19.5. The normalized spacial score (nSPS) is 14.1. The second kappa shape index (κ2) is 19.0. The molecular formula is C20H41IO2. The fourth-order valence-electron chi connectivity index (χ4n) is 3.05. The van der Waals surface area contributed by atoms with Crippen LogP contribution in [0.15, 0.2) is 0 Å². The van der Waals surface area contributed by atoms with Crippen LogP contribution in [0.3, 0.4) is 0 Å². The molecule has 3 heteroatoms. The van der Waals surface area contributed by atoms with Crippen LogP contribution in [0.2, 0.25) is 0 Å². The minimum Gasteiger partial charge on any atom is -0.385 e. The van der Waals surface area contributed by atoms with Gasteiger partial charge < -0.3 is 9.47 Å². The zero-order valence-corrected chi connectivity index (χ0v) is 18.1. The summed E-state index contributed by atoms with van der Waals surface area (Å²) in [7, 11) is 3.68. The first-order valence-corrected chi connectivity index (χ1v) is 11.2. The van der Waals surface area contributed by atoms with Crippen molar-refractivity contribution in [2.75, 3.05) is 20.8 Å². The van der Waals surface area contributed by atoms with Gasteiger partial charge in [0.15, 0.2) is 0 Å². The van der Waals surface area contributed by atoms with Crippen molar-refractivity contribution in [1.29, 1.82) is 0 Å². The van der Waals surface area contributed by atoms with Crippen LogP contribution in [0.25, 0.3) is 0 Å². The minimum atomic E-state index is 0.458. The Balaban J connectivity index is 3.51. The smallest absolute Gasteiger partial charge is 0.0688 e. The van der Waals surface area contributed by atoms with Crippen LogP contribution >= 0.6 is 22.6 Å². The molecule has 0 aromatic heterocycles. The third-order valence-electron chi connectivity index (χ3n) is 4.63. The van der Waals surface area contributed by atoms with E-state index in [4.69, 9.17) is 9.47 Å². The van der Waals surface area contributed by atoms with E-state index in [0.29, 0.717) is 10.0 Å². The van der Waals surface area contributed by atoms with Gasteiger partial charge in [-0.05, 0) is 19.3 Å². The van der Waals surface area contributed by atoms with Gasteiger partial charge >= 0.3 is 0 Å². The number of rotatable bonds is 18. The molecule has 0 heterocycles. The van der Waals surface area contributed by atoms with Crippen LogP contribution in [0.4, 0.5) is 0 Å². The summed E-state index contributed by atoms with van der Waals surface area (Å²) in [4.78, 5) is 0. The lowest BCUT2D eigenvalue weighted by molar-refractivity contribution is 0.0917. The van der Waals surface area contributed by atoms with Crippen LogP contribution in [0.1, 0.15) is 96.8 Å². The Bertz CT molecular complexity index is 224. The van der Waals surface area contributed by atoms with Crippen LogP contribution in [-0.2, 0) is 9.47 Å². The maximum absolute atomic E-state index is 5.74. The number of hydrogen-bond acceptors (Lipinski definition) is 2. The molecule has 2 nitrogen and oxygen atoms in total. The van der Waals surface area contributed by atoms with Crippen molar-refractivity contribution >= 4 is 22.6 Å². The Morgan fingerprint density at radius 2 is 1.22 bits per heavy atom. The molecule has 0 saturated carbocycles. The van der Waals surface area contributed by atoms with Crippen molar-refractivity contribution in [3.05, 3.63) is 0 Å². The average molecular weight is 440 g/mol. The highest BCUT2D eigenvalue weighted by Gasteiger charge is 2.17. The molecular weight excluding hydrogens is 399 g/mol. The number of alkyl halides is 1. The molecule has 0 spiro atoms. The van der Waals surface area contributed by atoms with Gasteiger partial charge in [0.1, 0.15) is 0 Å². The van der Waals surface area contributed by atoms with Crippen LogP contribution in [0, 0.1) is 0 Å². The predicted octanol–water partition coefficient (Wildman–Crippen LogP) is 6.93. The summed E-state index contributed by atoms with van der Waals surface area (Å²) < 4.78 is 11.5. The third kappa shape index (κ3) is 15.9.